The lowest BCUT2D eigenvalue weighted by Crippen LogP contribution is -2.33. The molecule has 0 amide bonds. The van der Waals surface area contributed by atoms with Crippen LogP contribution in [0, 0.1) is 24.2 Å². The van der Waals surface area contributed by atoms with Crippen molar-refractivity contribution in [1.29, 1.82) is 5.26 Å². The van der Waals surface area contributed by atoms with E-state index in [0.29, 0.717) is 0 Å². The fraction of sp³-hybridized carbons (Fsp3) is 0.692. The highest BCUT2D eigenvalue weighted by atomic mass is 35.5. The van der Waals surface area contributed by atoms with Crippen molar-refractivity contribution < 1.29 is 0 Å². The van der Waals surface area contributed by atoms with Gasteiger partial charge in [0.1, 0.15) is 0 Å². The van der Waals surface area contributed by atoms with Gasteiger partial charge in [-0.05, 0) is 39.8 Å². The minimum absolute atomic E-state index is 0.231. The molecule has 1 saturated heterocycles. The Labute approximate surface area is 113 Å². The lowest BCUT2D eigenvalue weighted by molar-refractivity contribution is 0.193. The molecule has 0 aromatic carbocycles. The lowest BCUT2D eigenvalue weighted by Gasteiger charge is -2.29. The van der Waals surface area contributed by atoms with Crippen LogP contribution in [0.4, 0.5) is 0 Å². The number of nitriles is 1. The molecule has 2 heterocycles. The van der Waals surface area contributed by atoms with Gasteiger partial charge < -0.3 is 0 Å². The first-order valence-electron chi connectivity index (χ1n) is 6.49. The van der Waals surface area contributed by atoms with Crippen LogP contribution in [-0.2, 0) is 13.1 Å². The van der Waals surface area contributed by atoms with E-state index in [9.17, 15) is 0 Å². The summed E-state index contributed by atoms with van der Waals surface area (Å²) in [6.07, 6.45) is 1.93. The molecule has 5 heteroatoms. The van der Waals surface area contributed by atoms with Crippen LogP contribution in [0.25, 0.3) is 0 Å². The Morgan fingerprint density at radius 1 is 1.44 bits per heavy atom. The molecule has 2 rings (SSSR count). The largest absolute Gasteiger partial charge is 0.297 e. The Morgan fingerprint density at radius 3 is 2.67 bits per heavy atom. The summed E-state index contributed by atoms with van der Waals surface area (Å²) in [6, 6.07) is 2.36. The fourth-order valence-corrected chi connectivity index (χ4v) is 2.65. The Bertz CT molecular complexity index is 452. The van der Waals surface area contributed by atoms with Crippen molar-refractivity contribution in [2.24, 2.45) is 5.92 Å². The molecule has 18 heavy (non-hydrogen) atoms. The molecule has 0 unspecified atom stereocenters. The Morgan fingerprint density at radius 2 is 2.11 bits per heavy atom. The second-order valence-electron chi connectivity index (χ2n) is 4.84. The molecule has 1 aliphatic rings. The maximum Gasteiger partial charge on any atom is 0.0860 e. The quantitative estimate of drug-likeness (QED) is 0.845. The maximum atomic E-state index is 8.89. The molecule has 1 aromatic heterocycles. The molecular weight excluding hydrogens is 248 g/mol. The Balaban J connectivity index is 2.04. The third-order valence-electron chi connectivity index (χ3n) is 3.60. The zero-order valence-corrected chi connectivity index (χ0v) is 11.7. The fourth-order valence-electron chi connectivity index (χ4n) is 2.45. The highest BCUT2D eigenvalue weighted by Gasteiger charge is 2.21. The van der Waals surface area contributed by atoms with Crippen LogP contribution >= 0.6 is 11.6 Å². The first kappa shape index (κ1) is 13.4. The molecule has 0 bridgehead atoms. The molecule has 0 saturated carbocycles. The predicted octanol–water partition coefficient (Wildman–Crippen LogP) is 2.60. The molecule has 98 valence electrons. The topological polar surface area (TPSA) is 44.9 Å². The van der Waals surface area contributed by atoms with Gasteiger partial charge in [-0.1, -0.05) is 11.6 Å². The third-order valence-corrected chi connectivity index (χ3v) is 4.09. The number of likely N-dealkylation sites (tertiary alicyclic amines) is 1. The summed E-state index contributed by atoms with van der Waals surface area (Å²) in [5.41, 5.74) is 2.01. The first-order valence-corrected chi connectivity index (χ1v) is 6.87. The Kier molecular flexibility index (Phi) is 4.26. The monoisotopic (exact) mass is 266 g/mol. The minimum Gasteiger partial charge on any atom is -0.297 e. The molecular formula is C13H19ClN4. The maximum absolute atomic E-state index is 8.89. The van der Waals surface area contributed by atoms with Crippen molar-refractivity contribution in [1.82, 2.24) is 14.7 Å². The molecule has 1 aromatic rings. The van der Waals surface area contributed by atoms with Crippen molar-refractivity contribution in [3.63, 3.8) is 0 Å². The average molecular weight is 267 g/mol. The van der Waals surface area contributed by atoms with Crippen molar-refractivity contribution in [2.45, 2.75) is 39.8 Å². The number of rotatable bonds is 3. The molecule has 4 nitrogen and oxygen atoms in total. The minimum atomic E-state index is 0.231. The van der Waals surface area contributed by atoms with Gasteiger partial charge in [-0.2, -0.15) is 10.4 Å². The number of hydrogen-bond donors (Lipinski definition) is 0. The number of piperidine rings is 1. The normalized spacial score (nSPS) is 17.9. The summed E-state index contributed by atoms with van der Waals surface area (Å²) in [4.78, 5) is 2.36. The molecule has 1 fully saturated rings. The van der Waals surface area contributed by atoms with Crippen LogP contribution in [0.15, 0.2) is 0 Å². The number of hydrogen-bond acceptors (Lipinski definition) is 3. The van der Waals surface area contributed by atoms with Crippen LogP contribution < -0.4 is 0 Å². The van der Waals surface area contributed by atoms with E-state index in [1.54, 1.807) is 0 Å². The third kappa shape index (κ3) is 2.68. The lowest BCUT2D eigenvalue weighted by atomic mass is 9.98. The zero-order valence-electron chi connectivity index (χ0n) is 11.0. The number of aryl methyl sites for hydroxylation is 2. The SMILES string of the molecule is CCn1nc(C)c(Cl)c1CN1CCC(C#N)CC1. The van der Waals surface area contributed by atoms with E-state index in [1.165, 1.54) is 0 Å². The van der Waals surface area contributed by atoms with Crippen LogP contribution in [-0.4, -0.2) is 27.8 Å². The zero-order chi connectivity index (χ0) is 13.1. The van der Waals surface area contributed by atoms with Crippen molar-refractivity contribution in [3.8, 4) is 6.07 Å². The van der Waals surface area contributed by atoms with E-state index in [0.717, 1.165) is 55.4 Å². The average Bonchev–Trinajstić information content (AvgIpc) is 2.67. The van der Waals surface area contributed by atoms with Crippen LogP contribution in [0.3, 0.4) is 0 Å². The van der Waals surface area contributed by atoms with Gasteiger partial charge in [0.15, 0.2) is 0 Å². The van der Waals surface area contributed by atoms with E-state index < -0.39 is 0 Å². The Hall–Kier alpha value is -1.05. The van der Waals surface area contributed by atoms with Gasteiger partial charge in [0.05, 0.1) is 22.5 Å². The number of nitrogens with zero attached hydrogens (tertiary/aromatic N) is 4. The van der Waals surface area contributed by atoms with Gasteiger partial charge in [-0.15, -0.1) is 0 Å². The van der Waals surface area contributed by atoms with Gasteiger partial charge in [-0.25, -0.2) is 0 Å². The van der Waals surface area contributed by atoms with E-state index in [-0.39, 0.29) is 5.92 Å². The van der Waals surface area contributed by atoms with Crippen molar-refractivity contribution in [3.05, 3.63) is 16.4 Å². The van der Waals surface area contributed by atoms with E-state index in [4.69, 9.17) is 16.9 Å². The van der Waals surface area contributed by atoms with Crippen LogP contribution in [0.2, 0.25) is 5.02 Å². The van der Waals surface area contributed by atoms with E-state index in [2.05, 4.69) is 23.0 Å². The summed E-state index contributed by atoms with van der Waals surface area (Å²) in [6.45, 7) is 7.66. The summed E-state index contributed by atoms with van der Waals surface area (Å²) < 4.78 is 1.98. The summed E-state index contributed by atoms with van der Waals surface area (Å²) in [5.74, 6) is 0.231. The molecule has 0 aliphatic carbocycles. The second kappa shape index (κ2) is 5.73. The van der Waals surface area contributed by atoms with Gasteiger partial charge in [0.2, 0.25) is 0 Å². The molecule has 0 radical (unpaired) electrons. The number of halogens is 1. The summed E-state index contributed by atoms with van der Waals surface area (Å²) in [7, 11) is 0. The molecule has 1 aliphatic heterocycles. The van der Waals surface area contributed by atoms with E-state index in [1.807, 2.05) is 11.6 Å². The smallest absolute Gasteiger partial charge is 0.0860 e. The van der Waals surface area contributed by atoms with Crippen LogP contribution in [0.1, 0.15) is 31.2 Å². The predicted molar refractivity (Wildman–Crippen MR) is 71.3 cm³/mol. The van der Waals surface area contributed by atoms with Gasteiger partial charge in [-0.3, -0.25) is 9.58 Å². The van der Waals surface area contributed by atoms with E-state index >= 15 is 0 Å². The number of aromatic nitrogens is 2. The summed E-state index contributed by atoms with van der Waals surface area (Å²) in [5, 5.41) is 14.1. The second-order valence-corrected chi connectivity index (χ2v) is 5.22. The molecule has 0 atom stereocenters. The van der Waals surface area contributed by atoms with Crippen LogP contribution in [0.5, 0.6) is 0 Å². The van der Waals surface area contributed by atoms with Crippen molar-refractivity contribution in [2.75, 3.05) is 13.1 Å². The standard InChI is InChI=1S/C13H19ClN4/c1-3-18-12(13(14)10(2)16-18)9-17-6-4-11(8-15)5-7-17/h11H,3-7,9H2,1-2H3. The molecule has 0 N–H and O–H groups in total. The first-order chi connectivity index (χ1) is 8.65. The van der Waals surface area contributed by atoms with Gasteiger partial charge in [0, 0.05) is 19.0 Å². The van der Waals surface area contributed by atoms with Crippen molar-refractivity contribution >= 4 is 11.6 Å². The highest BCUT2D eigenvalue weighted by molar-refractivity contribution is 6.31. The molecule has 0 spiro atoms. The summed E-state index contributed by atoms with van der Waals surface area (Å²) >= 11 is 6.31. The van der Waals surface area contributed by atoms with Gasteiger partial charge >= 0.3 is 0 Å². The highest BCUT2D eigenvalue weighted by Crippen LogP contribution is 2.24. The van der Waals surface area contributed by atoms with Gasteiger partial charge in [0.25, 0.3) is 0 Å².